The predicted molar refractivity (Wildman–Crippen MR) is 68.3 cm³/mol. The fourth-order valence-corrected chi connectivity index (χ4v) is 2.14. The first-order valence-corrected chi connectivity index (χ1v) is 6.36. The molecule has 1 fully saturated rings. The molecule has 1 aliphatic heterocycles. The molecule has 1 aliphatic rings. The molecule has 0 unspecified atom stereocenters. The number of ether oxygens (including phenoxy) is 1. The number of aliphatic hydroxyl groups is 1. The van der Waals surface area contributed by atoms with Crippen molar-refractivity contribution in [2.75, 3.05) is 13.2 Å². The summed E-state index contributed by atoms with van der Waals surface area (Å²) in [5, 5.41) is 13.3. The number of hydrogen-bond acceptors (Lipinski definition) is 3. The normalized spacial score (nSPS) is 22.1. The largest absolute Gasteiger partial charge is 0.491 e. The van der Waals surface area contributed by atoms with Gasteiger partial charge in [0.15, 0.2) is 0 Å². The Balaban J connectivity index is 1.78. The van der Waals surface area contributed by atoms with E-state index >= 15 is 0 Å². The van der Waals surface area contributed by atoms with E-state index < -0.39 is 6.10 Å². The van der Waals surface area contributed by atoms with E-state index in [0.29, 0.717) is 6.61 Å². The highest BCUT2D eigenvalue weighted by molar-refractivity contribution is 5.26. The summed E-state index contributed by atoms with van der Waals surface area (Å²) in [6.45, 7) is 3.41. The average Bonchev–Trinajstić information content (AvgIpc) is 2.39. The molecule has 17 heavy (non-hydrogen) atoms. The molecule has 0 spiro atoms. The number of aryl methyl sites for hydroxylation is 1. The molecule has 1 saturated heterocycles. The molecule has 1 aromatic rings. The Morgan fingerprint density at radius 3 is 2.76 bits per heavy atom. The third-order valence-electron chi connectivity index (χ3n) is 3.25. The second kappa shape index (κ2) is 6.03. The molecule has 94 valence electrons. The van der Waals surface area contributed by atoms with Crippen molar-refractivity contribution in [3.63, 3.8) is 0 Å². The number of aliphatic hydroxyl groups excluding tert-OH is 1. The minimum Gasteiger partial charge on any atom is -0.491 e. The maximum Gasteiger partial charge on any atom is 0.119 e. The number of piperidine rings is 1. The molecule has 0 saturated carbocycles. The van der Waals surface area contributed by atoms with E-state index in [1.165, 1.54) is 18.4 Å². The minimum absolute atomic E-state index is 0.189. The lowest BCUT2D eigenvalue weighted by Gasteiger charge is -2.27. The van der Waals surface area contributed by atoms with Gasteiger partial charge in [0.25, 0.3) is 0 Å². The van der Waals surface area contributed by atoms with Gasteiger partial charge in [0.2, 0.25) is 0 Å². The van der Waals surface area contributed by atoms with Crippen molar-refractivity contribution in [2.24, 2.45) is 0 Å². The minimum atomic E-state index is -0.420. The highest BCUT2D eigenvalue weighted by Gasteiger charge is 2.21. The van der Waals surface area contributed by atoms with Crippen LogP contribution in [0.2, 0.25) is 0 Å². The first-order valence-electron chi connectivity index (χ1n) is 6.36. The summed E-state index contributed by atoms with van der Waals surface area (Å²) in [5.74, 6) is 0.824. The second-order valence-corrected chi connectivity index (χ2v) is 4.75. The fourth-order valence-electron chi connectivity index (χ4n) is 2.14. The zero-order chi connectivity index (χ0) is 12.1. The Morgan fingerprint density at radius 2 is 2.12 bits per heavy atom. The molecule has 3 nitrogen and oxygen atoms in total. The van der Waals surface area contributed by atoms with E-state index in [1.807, 2.05) is 31.2 Å². The predicted octanol–water partition coefficient (Wildman–Crippen LogP) is 1.88. The molecular formula is C14H21NO2. The molecule has 0 aliphatic carbocycles. The SMILES string of the molecule is Cc1ccc(OC[C@H](O)[C@H]2CCCCN2)cc1. The molecule has 0 aromatic heterocycles. The van der Waals surface area contributed by atoms with Crippen molar-refractivity contribution < 1.29 is 9.84 Å². The molecular weight excluding hydrogens is 214 g/mol. The van der Waals surface area contributed by atoms with Gasteiger partial charge in [0.1, 0.15) is 18.5 Å². The van der Waals surface area contributed by atoms with Crippen molar-refractivity contribution in [3.05, 3.63) is 29.8 Å². The van der Waals surface area contributed by atoms with Crippen molar-refractivity contribution in [1.82, 2.24) is 5.32 Å². The Labute approximate surface area is 103 Å². The monoisotopic (exact) mass is 235 g/mol. The van der Waals surface area contributed by atoms with Crippen LogP contribution in [0, 0.1) is 6.92 Å². The molecule has 0 amide bonds. The van der Waals surface area contributed by atoms with Gasteiger partial charge in [-0.2, -0.15) is 0 Å². The summed E-state index contributed by atoms with van der Waals surface area (Å²) in [5.41, 5.74) is 1.21. The Kier molecular flexibility index (Phi) is 4.40. The summed E-state index contributed by atoms with van der Waals surface area (Å²) < 4.78 is 5.59. The highest BCUT2D eigenvalue weighted by atomic mass is 16.5. The number of nitrogens with one attached hydrogen (secondary N) is 1. The van der Waals surface area contributed by atoms with Crippen LogP contribution in [-0.4, -0.2) is 30.4 Å². The van der Waals surface area contributed by atoms with E-state index in [0.717, 1.165) is 18.7 Å². The van der Waals surface area contributed by atoms with Crippen molar-refractivity contribution in [3.8, 4) is 5.75 Å². The zero-order valence-corrected chi connectivity index (χ0v) is 10.4. The van der Waals surface area contributed by atoms with Crippen LogP contribution in [0.4, 0.5) is 0 Å². The van der Waals surface area contributed by atoms with Crippen LogP contribution >= 0.6 is 0 Å². The quantitative estimate of drug-likeness (QED) is 0.837. The van der Waals surface area contributed by atoms with Gasteiger partial charge in [-0.1, -0.05) is 24.1 Å². The summed E-state index contributed by atoms with van der Waals surface area (Å²) in [4.78, 5) is 0. The lowest BCUT2D eigenvalue weighted by Crippen LogP contribution is -2.45. The van der Waals surface area contributed by atoms with Gasteiger partial charge in [0.05, 0.1) is 0 Å². The zero-order valence-electron chi connectivity index (χ0n) is 10.4. The maximum absolute atomic E-state index is 10.0. The van der Waals surface area contributed by atoms with Gasteiger partial charge in [-0.3, -0.25) is 0 Å². The first kappa shape index (κ1) is 12.4. The molecule has 0 radical (unpaired) electrons. The van der Waals surface area contributed by atoms with Crippen LogP contribution in [-0.2, 0) is 0 Å². The first-order chi connectivity index (χ1) is 8.25. The van der Waals surface area contributed by atoms with Crippen LogP contribution < -0.4 is 10.1 Å². The van der Waals surface area contributed by atoms with Gasteiger partial charge in [0, 0.05) is 6.04 Å². The van der Waals surface area contributed by atoms with Gasteiger partial charge in [-0.25, -0.2) is 0 Å². The van der Waals surface area contributed by atoms with Crippen LogP contribution in [0.1, 0.15) is 24.8 Å². The Morgan fingerprint density at radius 1 is 1.35 bits per heavy atom. The maximum atomic E-state index is 10.0. The van der Waals surface area contributed by atoms with Gasteiger partial charge in [-0.15, -0.1) is 0 Å². The Hall–Kier alpha value is -1.06. The summed E-state index contributed by atoms with van der Waals surface area (Å²) in [6, 6.07) is 8.10. The highest BCUT2D eigenvalue weighted by Crippen LogP contribution is 2.14. The summed E-state index contributed by atoms with van der Waals surface area (Å²) in [7, 11) is 0. The molecule has 2 rings (SSSR count). The van der Waals surface area contributed by atoms with Gasteiger partial charge >= 0.3 is 0 Å². The molecule has 2 N–H and O–H groups in total. The third-order valence-corrected chi connectivity index (χ3v) is 3.25. The van der Waals surface area contributed by atoms with E-state index in [9.17, 15) is 5.11 Å². The molecule has 1 heterocycles. The molecule has 1 aromatic carbocycles. The summed E-state index contributed by atoms with van der Waals surface area (Å²) >= 11 is 0. The smallest absolute Gasteiger partial charge is 0.119 e. The standard InChI is InChI=1S/C14H21NO2/c1-11-5-7-12(8-6-11)17-10-14(16)13-4-2-3-9-15-13/h5-8,13-16H,2-4,9-10H2,1H3/t13-,14+/m1/s1. The van der Waals surface area contributed by atoms with Crippen LogP contribution in [0.25, 0.3) is 0 Å². The number of benzene rings is 1. The second-order valence-electron chi connectivity index (χ2n) is 4.75. The molecule has 2 atom stereocenters. The topological polar surface area (TPSA) is 41.5 Å². The van der Waals surface area contributed by atoms with E-state index in [2.05, 4.69) is 5.32 Å². The number of hydrogen-bond donors (Lipinski definition) is 2. The fraction of sp³-hybridized carbons (Fsp3) is 0.571. The molecule has 0 bridgehead atoms. The van der Waals surface area contributed by atoms with Crippen molar-refractivity contribution >= 4 is 0 Å². The van der Waals surface area contributed by atoms with Crippen LogP contribution in [0.3, 0.4) is 0 Å². The van der Waals surface area contributed by atoms with E-state index in [1.54, 1.807) is 0 Å². The lowest BCUT2D eigenvalue weighted by atomic mass is 10.0. The van der Waals surface area contributed by atoms with Crippen molar-refractivity contribution in [1.29, 1.82) is 0 Å². The van der Waals surface area contributed by atoms with Gasteiger partial charge < -0.3 is 15.2 Å². The van der Waals surface area contributed by atoms with E-state index in [-0.39, 0.29) is 6.04 Å². The van der Waals surface area contributed by atoms with Crippen molar-refractivity contribution in [2.45, 2.75) is 38.3 Å². The molecule has 3 heteroatoms. The van der Waals surface area contributed by atoms with E-state index in [4.69, 9.17) is 4.74 Å². The summed E-state index contributed by atoms with van der Waals surface area (Å²) in [6.07, 6.45) is 3.02. The Bertz CT molecular complexity index is 331. The average molecular weight is 235 g/mol. The van der Waals surface area contributed by atoms with Crippen LogP contribution in [0.15, 0.2) is 24.3 Å². The lowest BCUT2D eigenvalue weighted by molar-refractivity contribution is 0.0639. The van der Waals surface area contributed by atoms with Crippen LogP contribution in [0.5, 0.6) is 5.75 Å². The third kappa shape index (κ3) is 3.72. The van der Waals surface area contributed by atoms with Gasteiger partial charge in [-0.05, 0) is 38.4 Å². The number of rotatable bonds is 4.